The van der Waals surface area contributed by atoms with Gasteiger partial charge in [-0.05, 0) is 36.4 Å². The predicted molar refractivity (Wildman–Crippen MR) is 79.9 cm³/mol. The van der Waals surface area contributed by atoms with Crippen molar-refractivity contribution in [3.63, 3.8) is 0 Å². The van der Waals surface area contributed by atoms with E-state index in [1.54, 1.807) is 0 Å². The normalized spacial score (nSPS) is 10.2. The van der Waals surface area contributed by atoms with Crippen molar-refractivity contribution in [2.75, 3.05) is 11.1 Å². The molecule has 0 aliphatic rings. The Morgan fingerprint density at radius 1 is 1.19 bits per heavy atom. The summed E-state index contributed by atoms with van der Waals surface area (Å²) in [6, 6.07) is 7.89. The minimum atomic E-state index is -1.13. The Labute approximate surface area is 127 Å². The first kappa shape index (κ1) is 15.0. The molecule has 0 saturated carbocycles. The molecular formula is C14H10BrFN2O3. The van der Waals surface area contributed by atoms with Crippen LogP contribution in [-0.4, -0.2) is 17.0 Å². The summed E-state index contributed by atoms with van der Waals surface area (Å²) >= 11 is 3.15. The SMILES string of the molecule is Nc1ccc(C(=O)Nc2cc(Br)cc(C(=O)O)c2)c(F)c1. The number of nitrogens with two attached hydrogens (primary N) is 1. The van der Waals surface area contributed by atoms with Crippen LogP contribution in [0.3, 0.4) is 0 Å². The number of hydrogen-bond donors (Lipinski definition) is 3. The third-order valence-corrected chi connectivity index (χ3v) is 3.10. The average Bonchev–Trinajstić information content (AvgIpc) is 2.37. The molecule has 0 bridgehead atoms. The Bertz CT molecular complexity index is 734. The Balaban J connectivity index is 2.29. The average molecular weight is 353 g/mol. The molecule has 0 fully saturated rings. The highest BCUT2D eigenvalue weighted by Gasteiger charge is 2.13. The first-order valence-electron chi connectivity index (χ1n) is 5.77. The third kappa shape index (κ3) is 3.57. The standard InChI is InChI=1S/C14H10BrFN2O3/c15-8-3-7(14(20)21)4-10(5-8)18-13(19)11-2-1-9(17)6-12(11)16/h1-6H,17H2,(H,18,19)(H,20,21). The van der Waals surface area contributed by atoms with E-state index in [1.165, 1.54) is 30.3 Å². The molecule has 2 rings (SSSR count). The molecule has 0 unspecified atom stereocenters. The van der Waals surface area contributed by atoms with E-state index in [2.05, 4.69) is 21.2 Å². The van der Waals surface area contributed by atoms with Crippen molar-refractivity contribution in [1.82, 2.24) is 0 Å². The van der Waals surface area contributed by atoms with Crippen LogP contribution in [0, 0.1) is 5.82 Å². The number of anilines is 2. The number of carbonyl (C=O) groups excluding carboxylic acids is 1. The van der Waals surface area contributed by atoms with E-state index < -0.39 is 17.7 Å². The zero-order valence-electron chi connectivity index (χ0n) is 10.6. The summed E-state index contributed by atoms with van der Waals surface area (Å²) in [5, 5.41) is 11.4. The number of carbonyl (C=O) groups is 2. The van der Waals surface area contributed by atoms with Gasteiger partial charge in [-0.25, -0.2) is 9.18 Å². The summed E-state index contributed by atoms with van der Waals surface area (Å²) < 4.78 is 14.1. The monoisotopic (exact) mass is 352 g/mol. The number of nitrogen functional groups attached to an aromatic ring is 1. The van der Waals surface area contributed by atoms with Crippen LogP contribution >= 0.6 is 15.9 Å². The second-order valence-corrected chi connectivity index (χ2v) is 5.14. The first-order valence-corrected chi connectivity index (χ1v) is 6.56. The third-order valence-electron chi connectivity index (χ3n) is 2.64. The fourth-order valence-electron chi connectivity index (χ4n) is 1.70. The Morgan fingerprint density at radius 3 is 2.52 bits per heavy atom. The van der Waals surface area contributed by atoms with Crippen LogP contribution in [0.15, 0.2) is 40.9 Å². The summed E-state index contributed by atoms with van der Waals surface area (Å²) in [6.07, 6.45) is 0. The topological polar surface area (TPSA) is 92.4 Å². The molecule has 21 heavy (non-hydrogen) atoms. The molecule has 0 radical (unpaired) electrons. The smallest absolute Gasteiger partial charge is 0.335 e. The molecule has 5 nitrogen and oxygen atoms in total. The van der Waals surface area contributed by atoms with Crippen molar-refractivity contribution < 1.29 is 19.1 Å². The summed E-state index contributed by atoms with van der Waals surface area (Å²) in [5.74, 6) is -2.58. The van der Waals surface area contributed by atoms with E-state index in [9.17, 15) is 14.0 Å². The molecule has 0 spiro atoms. The second-order valence-electron chi connectivity index (χ2n) is 4.23. The number of hydrogen-bond acceptors (Lipinski definition) is 3. The molecule has 7 heteroatoms. The molecule has 0 atom stereocenters. The molecule has 0 aromatic heterocycles. The minimum absolute atomic E-state index is 0.00236. The molecule has 2 aromatic rings. The van der Waals surface area contributed by atoms with Crippen molar-refractivity contribution >= 4 is 39.2 Å². The summed E-state index contributed by atoms with van der Waals surface area (Å²) in [4.78, 5) is 22.9. The van der Waals surface area contributed by atoms with E-state index in [-0.39, 0.29) is 22.5 Å². The zero-order chi connectivity index (χ0) is 15.6. The maximum Gasteiger partial charge on any atom is 0.335 e. The minimum Gasteiger partial charge on any atom is -0.478 e. The van der Waals surface area contributed by atoms with Crippen LogP contribution in [0.5, 0.6) is 0 Å². The van der Waals surface area contributed by atoms with Crippen molar-refractivity contribution in [2.45, 2.75) is 0 Å². The molecule has 2 aromatic carbocycles. The maximum atomic E-state index is 13.6. The Hall–Kier alpha value is -2.41. The van der Waals surface area contributed by atoms with E-state index >= 15 is 0 Å². The van der Waals surface area contributed by atoms with Crippen LogP contribution in [0.2, 0.25) is 0 Å². The van der Waals surface area contributed by atoms with Crippen LogP contribution in [0.1, 0.15) is 20.7 Å². The van der Waals surface area contributed by atoms with Gasteiger partial charge in [0.25, 0.3) is 5.91 Å². The fourth-order valence-corrected chi connectivity index (χ4v) is 2.19. The molecule has 1 amide bonds. The largest absolute Gasteiger partial charge is 0.478 e. The highest BCUT2D eigenvalue weighted by molar-refractivity contribution is 9.10. The quantitative estimate of drug-likeness (QED) is 0.740. The summed E-state index contributed by atoms with van der Waals surface area (Å²) in [6.45, 7) is 0. The van der Waals surface area contributed by atoms with Gasteiger partial charge in [0.05, 0.1) is 11.1 Å². The highest BCUT2D eigenvalue weighted by atomic mass is 79.9. The molecule has 0 heterocycles. The van der Waals surface area contributed by atoms with Gasteiger partial charge < -0.3 is 16.2 Å². The van der Waals surface area contributed by atoms with Crippen molar-refractivity contribution in [3.8, 4) is 0 Å². The zero-order valence-corrected chi connectivity index (χ0v) is 12.1. The van der Waals surface area contributed by atoms with Crippen molar-refractivity contribution in [3.05, 3.63) is 57.8 Å². The lowest BCUT2D eigenvalue weighted by Gasteiger charge is -2.08. The number of carboxylic acid groups (broad SMARTS) is 1. The van der Waals surface area contributed by atoms with Gasteiger partial charge in [-0.15, -0.1) is 0 Å². The van der Waals surface area contributed by atoms with Gasteiger partial charge in [-0.3, -0.25) is 4.79 Å². The van der Waals surface area contributed by atoms with Crippen molar-refractivity contribution in [2.24, 2.45) is 0 Å². The summed E-state index contributed by atoms with van der Waals surface area (Å²) in [7, 11) is 0. The number of benzene rings is 2. The molecule has 0 aliphatic heterocycles. The van der Waals surface area contributed by atoms with E-state index in [1.807, 2.05) is 0 Å². The number of aromatic carboxylic acids is 1. The molecule has 4 N–H and O–H groups in total. The van der Waals surface area contributed by atoms with Gasteiger partial charge in [-0.1, -0.05) is 15.9 Å². The second kappa shape index (κ2) is 5.92. The van der Waals surface area contributed by atoms with Gasteiger partial charge in [0, 0.05) is 15.8 Å². The lowest BCUT2D eigenvalue weighted by atomic mass is 10.1. The van der Waals surface area contributed by atoms with Crippen LogP contribution in [0.25, 0.3) is 0 Å². The van der Waals surface area contributed by atoms with Gasteiger partial charge in [0.15, 0.2) is 0 Å². The van der Waals surface area contributed by atoms with Crippen molar-refractivity contribution in [1.29, 1.82) is 0 Å². The highest BCUT2D eigenvalue weighted by Crippen LogP contribution is 2.21. The van der Waals surface area contributed by atoms with Gasteiger partial charge in [0.2, 0.25) is 0 Å². The van der Waals surface area contributed by atoms with Crippen LogP contribution in [-0.2, 0) is 0 Å². The number of amides is 1. The van der Waals surface area contributed by atoms with E-state index in [0.717, 1.165) is 6.07 Å². The lowest BCUT2D eigenvalue weighted by Crippen LogP contribution is -2.14. The lowest BCUT2D eigenvalue weighted by molar-refractivity contribution is 0.0696. The Morgan fingerprint density at radius 2 is 1.90 bits per heavy atom. The van der Waals surface area contributed by atoms with Gasteiger partial charge in [0.1, 0.15) is 5.82 Å². The number of halogens is 2. The number of nitrogens with one attached hydrogen (secondary N) is 1. The molecule has 0 aliphatic carbocycles. The number of rotatable bonds is 3. The fraction of sp³-hybridized carbons (Fsp3) is 0. The van der Waals surface area contributed by atoms with Crippen LogP contribution < -0.4 is 11.1 Å². The molecule has 0 saturated heterocycles. The predicted octanol–water partition coefficient (Wildman–Crippen LogP) is 3.12. The van der Waals surface area contributed by atoms with Gasteiger partial charge >= 0.3 is 5.97 Å². The van der Waals surface area contributed by atoms with Crippen LogP contribution in [0.4, 0.5) is 15.8 Å². The Kier molecular flexibility index (Phi) is 4.23. The van der Waals surface area contributed by atoms with E-state index in [0.29, 0.717) is 4.47 Å². The molecular weight excluding hydrogens is 343 g/mol. The molecule has 108 valence electrons. The number of carboxylic acids is 1. The first-order chi connectivity index (χ1) is 9.86. The van der Waals surface area contributed by atoms with Gasteiger partial charge in [-0.2, -0.15) is 0 Å². The van der Waals surface area contributed by atoms with E-state index in [4.69, 9.17) is 10.8 Å². The maximum absolute atomic E-state index is 13.6. The summed E-state index contributed by atoms with van der Waals surface area (Å²) in [5.41, 5.74) is 5.68.